The molecule has 0 N–H and O–H groups in total. The molecular formula is C17H31NO4. The summed E-state index contributed by atoms with van der Waals surface area (Å²) in [6, 6.07) is -0.0847. The molecule has 5 heteroatoms. The minimum Gasteiger partial charge on any atom is -0.460 e. The van der Waals surface area contributed by atoms with E-state index in [0.29, 0.717) is 13.0 Å². The van der Waals surface area contributed by atoms with Crippen LogP contribution in [0.25, 0.3) is 0 Å². The molecule has 5 nitrogen and oxygen atoms in total. The zero-order valence-electron chi connectivity index (χ0n) is 14.7. The molecule has 1 heterocycles. The zero-order valence-corrected chi connectivity index (χ0v) is 14.7. The molecule has 0 unspecified atom stereocenters. The third kappa shape index (κ3) is 5.95. The number of methoxy groups -OCH3 is 1. The van der Waals surface area contributed by atoms with E-state index in [1.165, 1.54) is 0 Å². The number of carbonyl (C=O) groups is 2. The Morgan fingerprint density at radius 3 is 2.50 bits per heavy atom. The molecule has 128 valence electrons. The van der Waals surface area contributed by atoms with Crippen molar-refractivity contribution in [1.82, 2.24) is 4.90 Å². The number of ether oxygens (including phenoxy) is 2. The van der Waals surface area contributed by atoms with Crippen LogP contribution in [0.15, 0.2) is 0 Å². The first-order valence-corrected chi connectivity index (χ1v) is 8.27. The van der Waals surface area contributed by atoms with Gasteiger partial charge in [0.1, 0.15) is 5.60 Å². The highest BCUT2D eigenvalue weighted by Gasteiger charge is 2.37. The number of unbranched alkanes of at least 4 members (excludes halogenated alkanes) is 1. The van der Waals surface area contributed by atoms with Crippen molar-refractivity contribution in [1.29, 1.82) is 0 Å². The monoisotopic (exact) mass is 313 g/mol. The Balaban J connectivity index is 2.56. The first-order valence-electron chi connectivity index (χ1n) is 8.27. The summed E-state index contributed by atoms with van der Waals surface area (Å²) in [4.78, 5) is 26.5. The van der Waals surface area contributed by atoms with Crippen LogP contribution in [0, 0.1) is 5.92 Å². The smallest absolute Gasteiger partial charge is 0.311 e. The second kappa shape index (κ2) is 8.51. The Bertz CT molecular complexity index is 375. The van der Waals surface area contributed by atoms with Gasteiger partial charge in [0.05, 0.1) is 5.92 Å². The molecule has 2 atom stereocenters. The molecule has 0 aromatic carbocycles. The van der Waals surface area contributed by atoms with Crippen molar-refractivity contribution >= 4 is 11.9 Å². The maximum Gasteiger partial charge on any atom is 0.311 e. The summed E-state index contributed by atoms with van der Waals surface area (Å²) in [6.07, 6.45) is 3.89. The second-order valence-electron chi connectivity index (χ2n) is 7.06. The number of hydrogen-bond donors (Lipinski definition) is 0. The molecule has 1 saturated heterocycles. The van der Waals surface area contributed by atoms with E-state index in [4.69, 9.17) is 9.47 Å². The van der Waals surface area contributed by atoms with Gasteiger partial charge in [-0.1, -0.05) is 0 Å². The lowest BCUT2D eigenvalue weighted by Gasteiger charge is -2.39. The standard InChI is InChI=1S/C17H31NO4/c1-13-14(16(20)22-17(2,3)4)9-8-11-18(13)15(19)10-6-7-12-21-5/h13-14H,6-12H2,1-5H3/t13-,14-/m0/s1. The molecule has 0 bridgehead atoms. The Morgan fingerprint density at radius 2 is 1.91 bits per heavy atom. The molecule has 1 aliphatic heterocycles. The van der Waals surface area contributed by atoms with E-state index in [9.17, 15) is 9.59 Å². The Kier molecular flexibility index (Phi) is 7.33. The first kappa shape index (κ1) is 18.9. The molecule has 1 rings (SSSR count). The molecule has 0 spiro atoms. The lowest BCUT2D eigenvalue weighted by atomic mass is 9.89. The van der Waals surface area contributed by atoms with E-state index >= 15 is 0 Å². The Morgan fingerprint density at radius 1 is 1.23 bits per heavy atom. The SMILES string of the molecule is COCCCCC(=O)N1CCC[C@H](C(=O)OC(C)(C)C)[C@@H]1C. The summed E-state index contributed by atoms with van der Waals surface area (Å²) in [6.45, 7) is 9.00. The summed E-state index contributed by atoms with van der Waals surface area (Å²) in [5.41, 5.74) is -0.483. The van der Waals surface area contributed by atoms with Gasteiger partial charge in [-0.05, 0) is 53.4 Å². The largest absolute Gasteiger partial charge is 0.460 e. The Labute approximate surface area is 134 Å². The van der Waals surface area contributed by atoms with Crippen LogP contribution in [0.2, 0.25) is 0 Å². The van der Waals surface area contributed by atoms with Crippen LogP contribution in [-0.2, 0) is 19.1 Å². The summed E-state index contributed by atoms with van der Waals surface area (Å²) in [7, 11) is 1.67. The third-order valence-electron chi connectivity index (χ3n) is 4.01. The van der Waals surface area contributed by atoms with Gasteiger partial charge in [-0.3, -0.25) is 9.59 Å². The summed E-state index contributed by atoms with van der Waals surface area (Å²) < 4.78 is 10.5. The molecular weight excluding hydrogens is 282 g/mol. The van der Waals surface area contributed by atoms with Gasteiger partial charge >= 0.3 is 5.97 Å². The number of rotatable bonds is 6. The van der Waals surface area contributed by atoms with Crippen LogP contribution in [0.3, 0.4) is 0 Å². The maximum atomic E-state index is 12.4. The van der Waals surface area contributed by atoms with Gasteiger partial charge in [0, 0.05) is 32.7 Å². The van der Waals surface area contributed by atoms with Gasteiger partial charge in [-0.25, -0.2) is 0 Å². The Hall–Kier alpha value is -1.10. The minimum absolute atomic E-state index is 0.0847. The molecule has 0 saturated carbocycles. The van der Waals surface area contributed by atoms with Gasteiger partial charge in [0.25, 0.3) is 0 Å². The van der Waals surface area contributed by atoms with E-state index < -0.39 is 5.60 Å². The molecule has 0 radical (unpaired) electrons. The van der Waals surface area contributed by atoms with Crippen LogP contribution in [0.5, 0.6) is 0 Å². The van der Waals surface area contributed by atoms with Crippen LogP contribution >= 0.6 is 0 Å². The van der Waals surface area contributed by atoms with Crippen LogP contribution < -0.4 is 0 Å². The fourth-order valence-corrected chi connectivity index (χ4v) is 2.85. The molecule has 1 aliphatic rings. The summed E-state index contributed by atoms with van der Waals surface area (Å²) in [5, 5.41) is 0. The van der Waals surface area contributed by atoms with Crippen LogP contribution in [0.4, 0.5) is 0 Å². The fourth-order valence-electron chi connectivity index (χ4n) is 2.85. The number of carbonyl (C=O) groups excluding carboxylic acids is 2. The summed E-state index contributed by atoms with van der Waals surface area (Å²) >= 11 is 0. The highest BCUT2D eigenvalue weighted by atomic mass is 16.6. The van der Waals surface area contributed by atoms with Crippen molar-refractivity contribution in [2.24, 2.45) is 5.92 Å². The quantitative estimate of drug-likeness (QED) is 0.559. The lowest BCUT2D eigenvalue weighted by Crippen LogP contribution is -2.50. The van der Waals surface area contributed by atoms with Gasteiger partial charge in [-0.2, -0.15) is 0 Å². The van der Waals surface area contributed by atoms with Crippen LogP contribution in [-0.4, -0.2) is 48.7 Å². The van der Waals surface area contributed by atoms with Gasteiger partial charge < -0.3 is 14.4 Å². The lowest BCUT2D eigenvalue weighted by molar-refractivity contribution is -0.165. The van der Waals surface area contributed by atoms with Crippen molar-refractivity contribution in [3.8, 4) is 0 Å². The van der Waals surface area contributed by atoms with Crippen molar-refractivity contribution in [3.63, 3.8) is 0 Å². The first-order chi connectivity index (χ1) is 10.3. The summed E-state index contributed by atoms with van der Waals surface area (Å²) in [5.74, 6) is -0.260. The molecule has 0 aromatic rings. The van der Waals surface area contributed by atoms with Crippen molar-refractivity contribution in [2.75, 3.05) is 20.3 Å². The van der Waals surface area contributed by atoms with Gasteiger partial charge in [-0.15, -0.1) is 0 Å². The van der Waals surface area contributed by atoms with Crippen molar-refractivity contribution in [2.45, 2.75) is 71.4 Å². The van der Waals surface area contributed by atoms with E-state index in [1.54, 1.807) is 7.11 Å². The normalized spacial score (nSPS) is 22.5. The fraction of sp³-hybridized carbons (Fsp3) is 0.882. The van der Waals surface area contributed by atoms with Gasteiger partial charge in [0.2, 0.25) is 5.91 Å². The van der Waals surface area contributed by atoms with E-state index in [1.807, 2.05) is 32.6 Å². The maximum absolute atomic E-state index is 12.4. The number of amides is 1. The highest BCUT2D eigenvalue weighted by Crippen LogP contribution is 2.27. The number of nitrogens with zero attached hydrogens (tertiary/aromatic N) is 1. The van der Waals surface area contributed by atoms with E-state index in [-0.39, 0.29) is 23.8 Å². The molecule has 1 amide bonds. The predicted molar refractivity (Wildman–Crippen MR) is 85.5 cm³/mol. The van der Waals surface area contributed by atoms with E-state index in [2.05, 4.69) is 0 Å². The van der Waals surface area contributed by atoms with Crippen molar-refractivity contribution < 1.29 is 19.1 Å². The number of hydrogen-bond acceptors (Lipinski definition) is 4. The predicted octanol–water partition coefficient (Wildman–Crippen LogP) is 2.77. The van der Waals surface area contributed by atoms with Crippen molar-refractivity contribution in [3.05, 3.63) is 0 Å². The topological polar surface area (TPSA) is 55.8 Å². The average molecular weight is 313 g/mol. The molecule has 1 fully saturated rings. The highest BCUT2D eigenvalue weighted by molar-refractivity contribution is 5.79. The number of piperidine rings is 1. The second-order valence-corrected chi connectivity index (χ2v) is 7.06. The number of esters is 1. The van der Waals surface area contributed by atoms with Gasteiger partial charge in [0.15, 0.2) is 0 Å². The number of likely N-dealkylation sites (tertiary alicyclic amines) is 1. The van der Waals surface area contributed by atoms with E-state index in [0.717, 1.165) is 32.2 Å². The van der Waals surface area contributed by atoms with Crippen LogP contribution in [0.1, 0.15) is 59.8 Å². The molecule has 0 aromatic heterocycles. The zero-order chi connectivity index (χ0) is 16.8. The molecule has 0 aliphatic carbocycles. The minimum atomic E-state index is -0.483. The average Bonchev–Trinajstić information content (AvgIpc) is 2.41. The third-order valence-corrected chi connectivity index (χ3v) is 4.01. The molecule has 22 heavy (non-hydrogen) atoms.